The molecule has 0 aliphatic heterocycles. The third-order valence-electron chi connectivity index (χ3n) is 2.23. The molecule has 0 heterocycles. The van der Waals surface area contributed by atoms with Crippen molar-refractivity contribution in [3.8, 4) is 11.5 Å². The van der Waals surface area contributed by atoms with Crippen LogP contribution in [-0.4, -0.2) is 20.3 Å². The Morgan fingerprint density at radius 1 is 1.19 bits per heavy atom. The average molecular weight is 335 g/mol. The Kier molecular flexibility index (Phi) is 7.33. The molecule has 0 atom stereocenters. The molecule has 1 rings (SSSR count). The highest BCUT2D eigenvalue weighted by atomic mass is 127. The molecule has 0 fully saturated rings. The third-order valence-corrected chi connectivity index (χ3v) is 2.76. The summed E-state index contributed by atoms with van der Waals surface area (Å²) in [4.78, 5) is 0. The summed E-state index contributed by atoms with van der Waals surface area (Å²) in [5, 5.41) is 0. The van der Waals surface area contributed by atoms with Crippen molar-refractivity contribution in [1.82, 2.24) is 3.53 Å². The van der Waals surface area contributed by atoms with Gasteiger partial charge in [-0.2, -0.15) is 0 Å². The monoisotopic (exact) mass is 335 g/mol. The first-order valence-electron chi connectivity index (χ1n) is 5.47. The predicted octanol–water partition coefficient (Wildman–Crippen LogP) is 3.18. The van der Waals surface area contributed by atoms with Gasteiger partial charge in [0.1, 0.15) is 11.5 Å². The van der Waals surface area contributed by atoms with E-state index in [0.29, 0.717) is 0 Å². The molecule has 3 nitrogen and oxygen atoms in total. The van der Waals surface area contributed by atoms with Gasteiger partial charge >= 0.3 is 0 Å². The molecule has 0 radical (unpaired) electrons. The lowest BCUT2D eigenvalue weighted by Crippen LogP contribution is -2.02. The van der Waals surface area contributed by atoms with Crippen molar-refractivity contribution < 1.29 is 9.47 Å². The van der Waals surface area contributed by atoms with E-state index >= 15 is 0 Å². The first kappa shape index (κ1) is 13.6. The minimum absolute atomic E-state index is 0.772. The third kappa shape index (κ3) is 5.55. The van der Waals surface area contributed by atoms with Gasteiger partial charge in [-0.15, -0.1) is 0 Å². The van der Waals surface area contributed by atoms with Crippen LogP contribution in [-0.2, 0) is 0 Å². The Labute approximate surface area is 111 Å². The van der Waals surface area contributed by atoms with Crippen molar-refractivity contribution in [3.05, 3.63) is 24.3 Å². The van der Waals surface area contributed by atoms with Gasteiger partial charge in [-0.3, -0.25) is 3.53 Å². The zero-order chi connectivity index (χ0) is 11.6. The van der Waals surface area contributed by atoms with Crippen molar-refractivity contribution in [2.24, 2.45) is 0 Å². The molecule has 0 aliphatic rings. The number of hydrogen-bond acceptors (Lipinski definition) is 3. The van der Waals surface area contributed by atoms with Crippen LogP contribution in [0.25, 0.3) is 0 Å². The van der Waals surface area contributed by atoms with E-state index in [1.165, 1.54) is 12.8 Å². The lowest BCUT2D eigenvalue weighted by molar-refractivity contribution is 0.303. The second-order valence-electron chi connectivity index (χ2n) is 3.47. The van der Waals surface area contributed by atoms with E-state index in [0.717, 1.165) is 31.1 Å². The van der Waals surface area contributed by atoms with Crippen LogP contribution < -0.4 is 13.0 Å². The molecule has 0 spiro atoms. The van der Waals surface area contributed by atoms with E-state index in [2.05, 4.69) is 26.4 Å². The van der Waals surface area contributed by atoms with E-state index in [4.69, 9.17) is 9.47 Å². The molecule has 0 aromatic heterocycles. The fraction of sp³-hybridized carbons (Fsp3) is 0.500. The van der Waals surface area contributed by atoms with Crippen molar-refractivity contribution in [1.29, 1.82) is 0 Å². The van der Waals surface area contributed by atoms with Crippen LogP contribution in [0.4, 0.5) is 0 Å². The number of methoxy groups -OCH3 is 1. The largest absolute Gasteiger partial charge is 0.497 e. The van der Waals surface area contributed by atoms with E-state index in [1.807, 2.05) is 24.3 Å². The molecule has 1 N–H and O–H groups in total. The second-order valence-corrected chi connectivity index (χ2v) is 4.23. The summed E-state index contributed by atoms with van der Waals surface area (Å²) in [6.07, 6.45) is 3.49. The van der Waals surface area contributed by atoms with Crippen molar-refractivity contribution in [2.75, 3.05) is 20.3 Å². The number of rotatable bonds is 8. The highest BCUT2D eigenvalue weighted by molar-refractivity contribution is 14.1. The Morgan fingerprint density at radius 2 is 2.00 bits per heavy atom. The Morgan fingerprint density at radius 3 is 2.75 bits per heavy atom. The van der Waals surface area contributed by atoms with E-state index < -0.39 is 0 Å². The smallest absolute Gasteiger partial charge is 0.122 e. The minimum atomic E-state index is 0.772. The Bertz CT molecular complexity index is 294. The summed E-state index contributed by atoms with van der Waals surface area (Å²) in [5.74, 6) is 1.72. The molecule has 0 saturated carbocycles. The average Bonchev–Trinajstić information content (AvgIpc) is 2.34. The van der Waals surface area contributed by atoms with Gasteiger partial charge in [0, 0.05) is 35.5 Å². The number of unbranched alkanes of at least 4 members (excludes halogenated alkanes) is 2. The Balaban J connectivity index is 2.16. The molecule has 0 amide bonds. The van der Waals surface area contributed by atoms with Crippen LogP contribution in [0.1, 0.15) is 19.3 Å². The molecule has 0 aliphatic carbocycles. The van der Waals surface area contributed by atoms with Gasteiger partial charge < -0.3 is 9.47 Å². The Hall–Kier alpha value is -0.490. The summed E-state index contributed by atoms with van der Waals surface area (Å²) in [7, 11) is 1.66. The molecular weight excluding hydrogens is 317 g/mol. The molecule has 90 valence electrons. The van der Waals surface area contributed by atoms with Gasteiger partial charge in [0.2, 0.25) is 0 Å². The van der Waals surface area contributed by atoms with Crippen molar-refractivity contribution >= 4 is 22.9 Å². The molecule has 0 bridgehead atoms. The maximum absolute atomic E-state index is 5.63. The quantitative estimate of drug-likeness (QED) is 0.450. The molecule has 1 aromatic carbocycles. The number of hydrogen-bond donors (Lipinski definition) is 1. The highest BCUT2D eigenvalue weighted by Gasteiger charge is 1.96. The number of nitrogens with one attached hydrogen (secondary N) is 1. The zero-order valence-electron chi connectivity index (χ0n) is 9.54. The van der Waals surface area contributed by atoms with Crippen LogP contribution in [0.5, 0.6) is 11.5 Å². The van der Waals surface area contributed by atoms with Gasteiger partial charge in [-0.1, -0.05) is 6.07 Å². The summed E-state index contributed by atoms with van der Waals surface area (Å²) >= 11 is 2.17. The minimum Gasteiger partial charge on any atom is -0.497 e. The summed E-state index contributed by atoms with van der Waals surface area (Å²) in [6.45, 7) is 1.84. The molecule has 16 heavy (non-hydrogen) atoms. The molecule has 4 heteroatoms. The van der Waals surface area contributed by atoms with Crippen LogP contribution >= 0.6 is 22.9 Å². The first-order valence-corrected chi connectivity index (χ1v) is 6.55. The topological polar surface area (TPSA) is 30.5 Å². The fourth-order valence-corrected chi connectivity index (χ4v) is 1.73. The zero-order valence-corrected chi connectivity index (χ0v) is 11.7. The number of halogens is 1. The molecular formula is C12H18INO2. The van der Waals surface area contributed by atoms with Gasteiger partial charge in [-0.25, -0.2) is 0 Å². The van der Waals surface area contributed by atoms with E-state index in [1.54, 1.807) is 7.11 Å². The van der Waals surface area contributed by atoms with E-state index in [9.17, 15) is 0 Å². The normalized spacial score (nSPS) is 10.1. The van der Waals surface area contributed by atoms with Crippen molar-refractivity contribution in [3.63, 3.8) is 0 Å². The summed E-state index contributed by atoms with van der Waals surface area (Å²) in [6, 6.07) is 7.72. The van der Waals surface area contributed by atoms with Crippen LogP contribution in [0.15, 0.2) is 24.3 Å². The first-order chi connectivity index (χ1) is 7.86. The van der Waals surface area contributed by atoms with Crippen molar-refractivity contribution in [2.45, 2.75) is 19.3 Å². The van der Waals surface area contributed by atoms with Crippen LogP contribution in [0.2, 0.25) is 0 Å². The fourth-order valence-electron chi connectivity index (χ4n) is 1.35. The van der Waals surface area contributed by atoms with Crippen LogP contribution in [0.3, 0.4) is 0 Å². The van der Waals surface area contributed by atoms with Crippen LogP contribution in [0, 0.1) is 0 Å². The molecule has 0 saturated heterocycles. The lowest BCUT2D eigenvalue weighted by Gasteiger charge is -2.07. The summed E-state index contributed by atoms with van der Waals surface area (Å²) < 4.78 is 13.9. The lowest BCUT2D eigenvalue weighted by atomic mass is 10.2. The SMILES string of the molecule is COc1cccc(OCCCCCNI)c1. The summed E-state index contributed by atoms with van der Waals surface area (Å²) in [5.41, 5.74) is 0. The maximum Gasteiger partial charge on any atom is 0.122 e. The maximum atomic E-state index is 5.63. The molecule has 0 unspecified atom stereocenters. The van der Waals surface area contributed by atoms with Gasteiger partial charge in [0.05, 0.1) is 13.7 Å². The van der Waals surface area contributed by atoms with Gasteiger partial charge in [-0.05, 0) is 31.4 Å². The van der Waals surface area contributed by atoms with Gasteiger partial charge in [0.25, 0.3) is 0 Å². The second kappa shape index (κ2) is 8.64. The predicted molar refractivity (Wildman–Crippen MR) is 74.4 cm³/mol. The standard InChI is InChI=1S/C12H18INO2/c1-15-11-6-5-7-12(10-11)16-9-4-2-3-8-14-13/h5-7,10,14H,2-4,8-9H2,1H3. The van der Waals surface area contributed by atoms with Gasteiger partial charge in [0.15, 0.2) is 0 Å². The number of ether oxygens (including phenoxy) is 2. The number of benzene rings is 1. The van der Waals surface area contributed by atoms with E-state index in [-0.39, 0.29) is 0 Å². The molecule has 1 aromatic rings. The highest BCUT2D eigenvalue weighted by Crippen LogP contribution is 2.18.